The first kappa shape index (κ1) is 10.9. The van der Waals surface area contributed by atoms with Crippen LogP contribution < -0.4 is 0 Å². The summed E-state index contributed by atoms with van der Waals surface area (Å²) in [4.78, 5) is 13.7. The maximum Gasteiger partial charge on any atom is 0.255 e. The summed E-state index contributed by atoms with van der Waals surface area (Å²) in [7, 11) is 0. The van der Waals surface area contributed by atoms with Gasteiger partial charge in [-0.2, -0.15) is 0 Å². The molecule has 4 heteroatoms. The molecule has 0 unspecified atom stereocenters. The van der Waals surface area contributed by atoms with Crippen molar-refractivity contribution in [2.24, 2.45) is 5.92 Å². The van der Waals surface area contributed by atoms with Gasteiger partial charge in [-0.05, 0) is 46.7 Å². The fourth-order valence-corrected chi connectivity index (χ4v) is 2.26. The van der Waals surface area contributed by atoms with Gasteiger partial charge in [0.05, 0.1) is 5.56 Å². The standard InChI is InChI=1S/C11H11FINO/c1-7-5-14(6-7)11(15)9-4-8(12)2-3-10(9)13/h2-4,7H,5-6H2,1H3. The third kappa shape index (κ3) is 2.14. The Bertz CT molecular complexity index is 402. The number of nitrogens with zero attached hydrogens (tertiary/aromatic N) is 1. The number of rotatable bonds is 1. The number of hydrogen-bond donors (Lipinski definition) is 0. The molecule has 0 atom stereocenters. The average molecular weight is 319 g/mol. The van der Waals surface area contributed by atoms with Crippen molar-refractivity contribution in [3.8, 4) is 0 Å². The highest BCUT2D eigenvalue weighted by atomic mass is 127. The van der Waals surface area contributed by atoms with E-state index in [0.29, 0.717) is 11.5 Å². The summed E-state index contributed by atoms with van der Waals surface area (Å²) in [6.45, 7) is 3.66. The topological polar surface area (TPSA) is 20.3 Å². The van der Waals surface area contributed by atoms with Crippen LogP contribution in [0.15, 0.2) is 18.2 Å². The molecule has 0 saturated carbocycles. The van der Waals surface area contributed by atoms with Gasteiger partial charge in [-0.25, -0.2) is 4.39 Å². The van der Waals surface area contributed by atoms with Gasteiger partial charge in [0.25, 0.3) is 5.91 Å². The van der Waals surface area contributed by atoms with E-state index in [1.807, 2.05) is 0 Å². The molecule has 1 aliphatic rings. The molecule has 0 aromatic heterocycles. The van der Waals surface area contributed by atoms with Crippen molar-refractivity contribution < 1.29 is 9.18 Å². The van der Waals surface area contributed by atoms with Gasteiger partial charge in [-0.15, -0.1) is 0 Å². The van der Waals surface area contributed by atoms with Gasteiger partial charge in [0, 0.05) is 16.7 Å². The van der Waals surface area contributed by atoms with Crippen LogP contribution in [0.3, 0.4) is 0 Å². The van der Waals surface area contributed by atoms with Crippen LogP contribution in [0.5, 0.6) is 0 Å². The summed E-state index contributed by atoms with van der Waals surface area (Å²) in [6, 6.07) is 4.32. The molecule has 1 heterocycles. The summed E-state index contributed by atoms with van der Waals surface area (Å²) in [6.07, 6.45) is 0. The quantitative estimate of drug-likeness (QED) is 0.729. The molecule has 2 nitrogen and oxygen atoms in total. The average Bonchev–Trinajstić information content (AvgIpc) is 2.16. The van der Waals surface area contributed by atoms with Gasteiger partial charge >= 0.3 is 0 Å². The van der Waals surface area contributed by atoms with Gasteiger partial charge in [0.2, 0.25) is 0 Å². The van der Waals surface area contributed by atoms with Crippen LogP contribution in [-0.2, 0) is 0 Å². The Morgan fingerprint density at radius 1 is 1.53 bits per heavy atom. The Kier molecular flexibility index (Phi) is 2.95. The molecule has 0 bridgehead atoms. The van der Waals surface area contributed by atoms with Crippen LogP contribution in [0.2, 0.25) is 0 Å². The van der Waals surface area contributed by atoms with E-state index in [-0.39, 0.29) is 11.7 Å². The molecule has 1 fully saturated rings. The van der Waals surface area contributed by atoms with E-state index < -0.39 is 0 Å². The Balaban J connectivity index is 2.22. The second-order valence-electron chi connectivity index (χ2n) is 3.94. The lowest BCUT2D eigenvalue weighted by molar-refractivity contribution is 0.0529. The van der Waals surface area contributed by atoms with E-state index in [4.69, 9.17) is 0 Å². The first-order valence-corrected chi connectivity index (χ1v) is 5.90. The molecule has 0 N–H and O–H groups in total. The van der Waals surface area contributed by atoms with Crippen molar-refractivity contribution in [3.05, 3.63) is 33.1 Å². The number of benzene rings is 1. The minimum atomic E-state index is -0.354. The highest BCUT2D eigenvalue weighted by Crippen LogP contribution is 2.21. The van der Waals surface area contributed by atoms with Crippen LogP contribution in [0.4, 0.5) is 4.39 Å². The molecule has 15 heavy (non-hydrogen) atoms. The molecule has 0 radical (unpaired) electrons. The van der Waals surface area contributed by atoms with Crippen molar-refractivity contribution in [2.45, 2.75) is 6.92 Å². The van der Waals surface area contributed by atoms with Gasteiger partial charge < -0.3 is 4.90 Å². The van der Waals surface area contributed by atoms with E-state index >= 15 is 0 Å². The second-order valence-corrected chi connectivity index (χ2v) is 5.10. The highest BCUT2D eigenvalue weighted by molar-refractivity contribution is 14.1. The van der Waals surface area contributed by atoms with E-state index in [2.05, 4.69) is 29.5 Å². The number of amides is 1. The Labute approximate surface area is 102 Å². The Morgan fingerprint density at radius 2 is 2.20 bits per heavy atom. The van der Waals surface area contributed by atoms with Gasteiger partial charge in [0.1, 0.15) is 5.82 Å². The first-order chi connectivity index (χ1) is 7.08. The summed E-state index contributed by atoms with van der Waals surface area (Å²) in [5.41, 5.74) is 0.475. The van der Waals surface area contributed by atoms with Gasteiger partial charge in [-0.1, -0.05) is 6.92 Å². The van der Waals surface area contributed by atoms with Gasteiger partial charge in [0.15, 0.2) is 0 Å². The molecule has 1 aliphatic heterocycles. The fraction of sp³-hybridized carbons (Fsp3) is 0.364. The summed E-state index contributed by atoms with van der Waals surface area (Å²) >= 11 is 2.06. The zero-order valence-corrected chi connectivity index (χ0v) is 10.5. The van der Waals surface area contributed by atoms with Crippen molar-refractivity contribution in [3.63, 3.8) is 0 Å². The molecule has 2 rings (SSSR count). The van der Waals surface area contributed by atoms with Crippen LogP contribution in [0.25, 0.3) is 0 Å². The second kappa shape index (κ2) is 4.08. The predicted octanol–water partition coefficient (Wildman–Crippen LogP) is 2.52. The molecular formula is C11H11FINO. The highest BCUT2D eigenvalue weighted by Gasteiger charge is 2.28. The molecule has 0 spiro atoms. The van der Waals surface area contributed by atoms with Crippen LogP contribution >= 0.6 is 22.6 Å². The number of carbonyl (C=O) groups excluding carboxylic acids is 1. The monoisotopic (exact) mass is 319 g/mol. The van der Waals surface area contributed by atoms with Crippen molar-refractivity contribution in [1.82, 2.24) is 4.90 Å². The number of carbonyl (C=O) groups is 1. The van der Waals surface area contributed by atoms with Crippen LogP contribution in [0, 0.1) is 15.3 Å². The largest absolute Gasteiger partial charge is 0.338 e. The molecule has 80 valence electrons. The van der Waals surface area contributed by atoms with E-state index in [9.17, 15) is 9.18 Å². The van der Waals surface area contributed by atoms with E-state index in [1.165, 1.54) is 12.1 Å². The molecular weight excluding hydrogens is 308 g/mol. The minimum absolute atomic E-state index is 0.0583. The van der Waals surface area contributed by atoms with Gasteiger partial charge in [-0.3, -0.25) is 4.79 Å². The molecule has 1 amide bonds. The van der Waals surface area contributed by atoms with E-state index in [0.717, 1.165) is 16.7 Å². The normalized spacial score (nSPS) is 16.3. The van der Waals surface area contributed by atoms with Crippen molar-refractivity contribution in [1.29, 1.82) is 0 Å². The predicted molar refractivity (Wildman–Crippen MR) is 64.2 cm³/mol. The SMILES string of the molecule is CC1CN(C(=O)c2cc(F)ccc2I)C1. The smallest absolute Gasteiger partial charge is 0.255 e. The zero-order valence-electron chi connectivity index (χ0n) is 8.34. The van der Waals surface area contributed by atoms with Crippen molar-refractivity contribution >= 4 is 28.5 Å². The number of likely N-dealkylation sites (tertiary alicyclic amines) is 1. The lowest BCUT2D eigenvalue weighted by atomic mass is 10.0. The Hall–Kier alpha value is -0.650. The van der Waals surface area contributed by atoms with Crippen LogP contribution in [-0.4, -0.2) is 23.9 Å². The molecule has 1 saturated heterocycles. The van der Waals surface area contributed by atoms with E-state index in [1.54, 1.807) is 11.0 Å². The molecule has 1 aromatic rings. The fourth-order valence-electron chi connectivity index (χ4n) is 1.70. The zero-order chi connectivity index (χ0) is 11.0. The third-order valence-electron chi connectivity index (χ3n) is 2.51. The Morgan fingerprint density at radius 3 is 2.80 bits per heavy atom. The molecule has 0 aliphatic carbocycles. The maximum absolute atomic E-state index is 13.0. The minimum Gasteiger partial charge on any atom is -0.338 e. The van der Waals surface area contributed by atoms with Crippen molar-refractivity contribution in [2.75, 3.05) is 13.1 Å². The maximum atomic E-state index is 13.0. The number of hydrogen-bond acceptors (Lipinski definition) is 1. The third-order valence-corrected chi connectivity index (χ3v) is 3.45. The lowest BCUT2D eigenvalue weighted by Gasteiger charge is -2.37. The molecule has 1 aromatic carbocycles. The van der Waals surface area contributed by atoms with Crippen LogP contribution in [0.1, 0.15) is 17.3 Å². The lowest BCUT2D eigenvalue weighted by Crippen LogP contribution is -2.48. The number of halogens is 2. The summed E-state index contributed by atoms with van der Waals surface area (Å²) in [5, 5.41) is 0. The summed E-state index contributed by atoms with van der Waals surface area (Å²) < 4.78 is 13.8. The summed E-state index contributed by atoms with van der Waals surface area (Å²) in [5.74, 6) is 0.157. The first-order valence-electron chi connectivity index (χ1n) is 4.82.